The van der Waals surface area contributed by atoms with Gasteiger partial charge in [-0.25, -0.2) is 4.98 Å². The summed E-state index contributed by atoms with van der Waals surface area (Å²) in [6.45, 7) is 8.45. The minimum absolute atomic E-state index is 0.245. The lowest BCUT2D eigenvalue weighted by atomic mass is 10.1. The number of nitrogens with zero attached hydrogens (tertiary/aromatic N) is 4. The molecule has 0 aromatic carbocycles. The van der Waals surface area contributed by atoms with E-state index in [1.165, 1.54) is 12.8 Å². The van der Waals surface area contributed by atoms with E-state index in [1.807, 2.05) is 6.33 Å². The molecular weight excluding hydrogens is 286 g/mol. The van der Waals surface area contributed by atoms with Crippen LogP contribution in [0.1, 0.15) is 46.5 Å². The molecule has 0 radical (unpaired) electrons. The van der Waals surface area contributed by atoms with Crippen LogP contribution in [0.15, 0.2) is 6.33 Å². The maximum atomic E-state index is 5.99. The van der Waals surface area contributed by atoms with E-state index in [2.05, 4.69) is 45.6 Å². The molecule has 0 atom stereocenters. The first-order valence-corrected chi connectivity index (χ1v) is 8.11. The van der Waals surface area contributed by atoms with Crippen LogP contribution in [0.5, 0.6) is 0 Å². The van der Waals surface area contributed by atoms with Gasteiger partial charge in [0.2, 0.25) is 5.28 Å². The zero-order chi connectivity index (χ0) is 15.2. The van der Waals surface area contributed by atoms with E-state index >= 15 is 0 Å². The Hall–Kier alpha value is -1.36. The smallest absolute Gasteiger partial charge is 0.226 e. The SMILES string of the molecule is CCCCCNc1nc(Cl)nc2ncn(CCC(C)C)c12. The zero-order valence-corrected chi connectivity index (χ0v) is 13.8. The minimum Gasteiger partial charge on any atom is -0.368 e. The molecule has 0 unspecified atom stereocenters. The Kier molecular flexibility index (Phi) is 5.79. The molecule has 0 bridgehead atoms. The molecule has 0 saturated carbocycles. The van der Waals surface area contributed by atoms with Gasteiger partial charge < -0.3 is 9.88 Å². The molecule has 0 amide bonds. The summed E-state index contributed by atoms with van der Waals surface area (Å²) in [6.07, 6.45) is 6.47. The summed E-state index contributed by atoms with van der Waals surface area (Å²) in [4.78, 5) is 12.9. The Morgan fingerprint density at radius 1 is 1.29 bits per heavy atom. The largest absolute Gasteiger partial charge is 0.368 e. The van der Waals surface area contributed by atoms with Gasteiger partial charge in [0.05, 0.1) is 6.33 Å². The molecule has 0 spiro atoms. The highest BCUT2D eigenvalue weighted by atomic mass is 35.5. The number of anilines is 1. The number of rotatable bonds is 8. The normalized spacial score (nSPS) is 11.5. The van der Waals surface area contributed by atoms with Gasteiger partial charge in [0, 0.05) is 13.1 Å². The summed E-state index contributed by atoms with van der Waals surface area (Å²) in [6, 6.07) is 0. The standard InChI is InChI=1S/C15H24ClN5/c1-4-5-6-8-17-13-12-14(20-15(16)19-13)18-10-21(12)9-7-11(2)3/h10-11H,4-9H2,1-3H3,(H,17,19,20). The van der Waals surface area contributed by atoms with Crippen LogP contribution in [0.2, 0.25) is 5.28 Å². The lowest BCUT2D eigenvalue weighted by Crippen LogP contribution is -2.08. The van der Waals surface area contributed by atoms with Gasteiger partial charge in [-0.2, -0.15) is 9.97 Å². The second-order valence-corrected chi connectivity index (χ2v) is 6.11. The van der Waals surface area contributed by atoms with Crippen molar-refractivity contribution in [3.63, 3.8) is 0 Å². The number of aromatic nitrogens is 4. The molecule has 2 heterocycles. The fourth-order valence-corrected chi connectivity index (χ4v) is 2.39. The molecule has 0 fully saturated rings. The molecule has 0 aliphatic rings. The lowest BCUT2D eigenvalue weighted by Gasteiger charge is -2.11. The average Bonchev–Trinajstić information content (AvgIpc) is 2.84. The van der Waals surface area contributed by atoms with E-state index in [0.717, 1.165) is 37.3 Å². The highest BCUT2D eigenvalue weighted by molar-refractivity contribution is 6.28. The summed E-state index contributed by atoms with van der Waals surface area (Å²) in [5.74, 6) is 1.44. The third-order valence-corrected chi connectivity index (χ3v) is 3.63. The number of unbranched alkanes of at least 4 members (excludes halogenated alkanes) is 2. The van der Waals surface area contributed by atoms with Crippen molar-refractivity contribution >= 4 is 28.6 Å². The summed E-state index contributed by atoms with van der Waals surface area (Å²) in [5, 5.41) is 3.63. The van der Waals surface area contributed by atoms with Crippen molar-refractivity contribution in [2.24, 2.45) is 5.92 Å². The Morgan fingerprint density at radius 2 is 2.10 bits per heavy atom. The van der Waals surface area contributed by atoms with Crippen molar-refractivity contribution in [3.05, 3.63) is 11.6 Å². The first-order valence-electron chi connectivity index (χ1n) is 7.74. The number of fused-ring (bicyclic) bond motifs is 1. The molecule has 0 saturated heterocycles. The van der Waals surface area contributed by atoms with Gasteiger partial charge in [0.25, 0.3) is 0 Å². The maximum Gasteiger partial charge on any atom is 0.226 e. The van der Waals surface area contributed by atoms with E-state index in [1.54, 1.807) is 0 Å². The molecule has 2 rings (SSSR count). The molecular formula is C15H24ClN5. The predicted octanol–water partition coefficient (Wildman–Crippen LogP) is 4.13. The first-order chi connectivity index (χ1) is 10.1. The predicted molar refractivity (Wildman–Crippen MR) is 87.8 cm³/mol. The highest BCUT2D eigenvalue weighted by Gasteiger charge is 2.13. The van der Waals surface area contributed by atoms with Crippen molar-refractivity contribution in [1.82, 2.24) is 19.5 Å². The summed E-state index contributed by atoms with van der Waals surface area (Å²) in [5.41, 5.74) is 1.62. The number of nitrogens with one attached hydrogen (secondary N) is 1. The van der Waals surface area contributed by atoms with Crippen LogP contribution in [-0.4, -0.2) is 26.1 Å². The van der Waals surface area contributed by atoms with Crippen LogP contribution in [0.25, 0.3) is 11.2 Å². The molecule has 2 aromatic heterocycles. The van der Waals surface area contributed by atoms with Crippen molar-refractivity contribution in [2.75, 3.05) is 11.9 Å². The van der Waals surface area contributed by atoms with Gasteiger partial charge in [0.15, 0.2) is 11.5 Å². The van der Waals surface area contributed by atoms with E-state index in [4.69, 9.17) is 11.6 Å². The van der Waals surface area contributed by atoms with Crippen LogP contribution in [0, 0.1) is 5.92 Å². The summed E-state index contributed by atoms with van der Waals surface area (Å²) >= 11 is 5.99. The van der Waals surface area contributed by atoms with Crippen molar-refractivity contribution < 1.29 is 0 Å². The molecule has 1 N–H and O–H groups in total. The van der Waals surface area contributed by atoms with Crippen LogP contribution in [0.4, 0.5) is 5.82 Å². The number of imidazole rings is 1. The Labute approximate surface area is 131 Å². The molecule has 5 nitrogen and oxygen atoms in total. The van der Waals surface area contributed by atoms with E-state index in [0.29, 0.717) is 11.6 Å². The number of aryl methyl sites for hydroxylation is 1. The van der Waals surface area contributed by atoms with Gasteiger partial charge in [-0.1, -0.05) is 33.6 Å². The fraction of sp³-hybridized carbons (Fsp3) is 0.667. The van der Waals surface area contributed by atoms with Crippen molar-refractivity contribution in [2.45, 2.75) is 53.0 Å². The number of halogens is 1. The van der Waals surface area contributed by atoms with Gasteiger partial charge in [-0.05, 0) is 30.4 Å². The van der Waals surface area contributed by atoms with Crippen LogP contribution < -0.4 is 5.32 Å². The van der Waals surface area contributed by atoms with Gasteiger partial charge in [-0.3, -0.25) is 0 Å². The molecule has 0 aliphatic heterocycles. The maximum absolute atomic E-state index is 5.99. The number of hydrogen-bond acceptors (Lipinski definition) is 4. The third kappa shape index (κ3) is 4.30. The fourth-order valence-electron chi connectivity index (χ4n) is 2.22. The third-order valence-electron chi connectivity index (χ3n) is 3.47. The highest BCUT2D eigenvalue weighted by Crippen LogP contribution is 2.22. The van der Waals surface area contributed by atoms with Gasteiger partial charge >= 0.3 is 0 Å². The summed E-state index contributed by atoms with van der Waals surface area (Å²) < 4.78 is 2.12. The zero-order valence-electron chi connectivity index (χ0n) is 13.1. The number of hydrogen-bond donors (Lipinski definition) is 1. The topological polar surface area (TPSA) is 55.6 Å². The Balaban J connectivity index is 2.22. The second kappa shape index (κ2) is 7.59. The van der Waals surface area contributed by atoms with Crippen molar-refractivity contribution in [3.8, 4) is 0 Å². The monoisotopic (exact) mass is 309 g/mol. The van der Waals surface area contributed by atoms with Crippen LogP contribution in [0.3, 0.4) is 0 Å². The van der Waals surface area contributed by atoms with Crippen molar-refractivity contribution in [1.29, 1.82) is 0 Å². The van der Waals surface area contributed by atoms with Crippen LogP contribution in [-0.2, 0) is 6.54 Å². The Bertz CT molecular complexity index is 579. The quantitative estimate of drug-likeness (QED) is 0.588. The minimum atomic E-state index is 0.245. The van der Waals surface area contributed by atoms with Gasteiger partial charge in [0.1, 0.15) is 5.52 Å². The summed E-state index contributed by atoms with van der Waals surface area (Å²) in [7, 11) is 0. The molecule has 116 valence electrons. The lowest BCUT2D eigenvalue weighted by molar-refractivity contribution is 0.523. The molecule has 2 aromatic rings. The van der Waals surface area contributed by atoms with E-state index < -0.39 is 0 Å². The van der Waals surface area contributed by atoms with E-state index in [-0.39, 0.29) is 5.28 Å². The molecule has 6 heteroatoms. The van der Waals surface area contributed by atoms with Crippen LogP contribution >= 0.6 is 11.6 Å². The van der Waals surface area contributed by atoms with E-state index in [9.17, 15) is 0 Å². The Morgan fingerprint density at radius 3 is 2.81 bits per heavy atom. The second-order valence-electron chi connectivity index (χ2n) is 5.77. The molecule has 21 heavy (non-hydrogen) atoms. The van der Waals surface area contributed by atoms with Gasteiger partial charge in [-0.15, -0.1) is 0 Å². The first kappa shape index (κ1) is 16.0. The average molecular weight is 310 g/mol. The molecule has 0 aliphatic carbocycles.